The van der Waals surface area contributed by atoms with E-state index in [4.69, 9.17) is 14.6 Å². The maximum atomic E-state index is 14.5. The fourth-order valence-electron chi connectivity index (χ4n) is 2.50. The zero-order valence-corrected chi connectivity index (χ0v) is 12.7. The molecule has 0 spiro atoms. The molecule has 1 saturated heterocycles. The van der Waals surface area contributed by atoms with Crippen molar-refractivity contribution in [1.82, 2.24) is 0 Å². The van der Waals surface area contributed by atoms with Crippen LogP contribution in [0.1, 0.15) is 0 Å². The number of rotatable bonds is 3. The lowest BCUT2D eigenvalue weighted by Crippen LogP contribution is -2.61. The summed E-state index contributed by atoms with van der Waals surface area (Å²) < 4.78 is 42.9. The van der Waals surface area contributed by atoms with Crippen molar-refractivity contribution < 1.29 is 47.9 Å². The van der Waals surface area contributed by atoms with Crippen LogP contribution in [-0.4, -0.2) is 57.1 Å². The van der Waals surface area contributed by atoms with Crippen molar-refractivity contribution in [2.24, 2.45) is 0 Å². The number of hydrogen-bond acceptors (Lipinski definition) is 8. The number of ether oxygens (including phenoxy) is 2. The minimum Gasteiger partial charge on any atom is -0.479 e. The van der Waals surface area contributed by atoms with Gasteiger partial charge in [0.2, 0.25) is 12.1 Å². The molecule has 1 aromatic carbocycles. The predicted octanol–water partition coefficient (Wildman–Crippen LogP) is -0.658. The molecular formula is C15H12F2O9. The Morgan fingerprint density at radius 3 is 2.46 bits per heavy atom. The molecule has 1 fully saturated rings. The molecule has 0 aliphatic carbocycles. The summed E-state index contributed by atoms with van der Waals surface area (Å²) in [7, 11) is 0. The van der Waals surface area contributed by atoms with Crippen molar-refractivity contribution in [3.05, 3.63) is 40.3 Å². The van der Waals surface area contributed by atoms with Gasteiger partial charge in [-0.2, -0.15) is 4.39 Å². The second-order valence-electron chi connectivity index (χ2n) is 5.53. The first-order chi connectivity index (χ1) is 12.2. The van der Waals surface area contributed by atoms with Gasteiger partial charge in [-0.25, -0.2) is 14.0 Å². The van der Waals surface area contributed by atoms with Gasteiger partial charge < -0.3 is 34.3 Å². The number of halogens is 2. The molecular weight excluding hydrogens is 362 g/mol. The van der Waals surface area contributed by atoms with Crippen molar-refractivity contribution >= 4 is 16.9 Å². The Kier molecular flexibility index (Phi) is 4.63. The van der Waals surface area contributed by atoms with E-state index >= 15 is 0 Å². The van der Waals surface area contributed by atoms with Gasteiger partial charge in [0, 0.05) is 11.5 Å². The molecule has 0 bridgehead atoms. The van der Waals surface area contributed by atoms with Crippen molar-refractivity contribution in [2.45, 2.75) is 30.7 Å². The smallest absolute Gasteiger partial charge is 0.336 e. The standard InChI is InChI=1S/C15H12F2O9/c16-5-3-4-1-2-6(18)24-11(4)7(17)12(5)25-15-10(21)8(19)9(20)13(26-15)14(22)23/h1-3,8-10,13,15,19-21H,(H,22,23)/t8-,9-,10+,13-,15+/m0/s1. The number of carboxylic acid groups (broad SMARTS) is 1. The van der Waals surface area contributed by atoms with E-state index in [1.807, 2.05) is 0 Å². The minimum absolute atomic E-state index is 0.0871. The molecule has 26 heavy (non-hydrogen) atoms. The molecule has 0 amide bonds. The van der Waals surface area contributed by atoms with Crippen LogP contribution in [0.15, 0.2) is 27.4 Å². The third kappa shape index (κ3) is 3.01. The Hall–Kier alpha value is -2.60. The zero-order chi connectivity index (χ0) is 19.2. The normalized spacial score (nSPS) is 28.9. The van der Waals surface area contributed by atoms with Crippen LogP contribution in [0.4, 0.5) is 8.78 Å². The van der Waals surface area contributed by atoms with Crippen LogP contribution in [0.5, 0.6) is 5.75 Å². The van der Waals surface area contributed by atoms with E-state index in [1.54, 1.807) is 0 Å². The second kappa shape index (κ2) is 6.61. The van der Waals surface area contributed by atoms with Gasteiger partial charge in [0.05, 0.1) is 0 Å². The molecule has 1 aromatic heterocycles. The molecule has 1 aliphatic heterocycles. The van der Waals surface area contributed by atoms with E-state index in [0.29, 0.717) is 0 Å². The summed E-state index contributed by atoms with van der Waals surface area (Å²) in [5, 5.41) is 38.0. The highest BCUT2D eigenvalue weighted by atomic mass is 19.1. The van der Waals surface area contributed by atoms with E-state index < -0.39 is 65.3 Å². The molecule has 2 aromatic rings. The highest BCUT2D eigenvalue weighted by Gasteiger charge is 2.48. The highest BCUT2D eigenvalue weighted by Crippen LogP contribution is 2.32. The predicted molar refractivity (Wildman–Crippen MR) is 77.3 cm³/mol. The first kappa shape index (κ1) is 18.2. The molecule has 11 heteroatoms. The van der Waals surface area contributed by atoms with Gasteiger partial charge in [-0.3, -0.25) is 0 Å². The number of fused-ring (bicyclic) bond motifs is 1. The van der Waals surface area contributed by atoms with Gasteiger partial charge in [-0.05, 0) is 12.1 Å². The Balaban J connectivity index is 1.99. The van der Waals surface area contributed by atoms with Crippen LogP contribution < -0.4 is 10.4 Å². The lowest BCUT2D eigenvalue weighted by molar-refractivity contribution is -0.271. The molecule has 9 nitrogen and oxygen atoms in total. The molecule has 0 unspecified atom stereocenters. The van der Waals surface area contributed by atoms with Gasteiger partial charge in [-0.1, -0.05) is 0 Å². The number of carbonyl (C=O) groups is 1. The second-order valence-corrected chi connectivity index (χ2v) is 5.53. The maximum Gasteiger partial charge on any atom is 0.336 e. The Bertz CT molecular complexity index is 912. The average molecular weight is 374 g/mol. The third-order valence-electron chi connectivity index (χ3n) is 3.81. The number of aliphatic hydroxyl groups is 3. The van der Waals surface area contributed by atoms with E-state index in [9.17, 15) is 33.7 Å². The van der Waals surface area contributed by atoms with Crippen LogP contribution >= 0.6 is 0 Å². The summed E-state index contributed by atoms with van der Waals surface area (Å²) in [6.07, 6.45) is -10.1. The first-order valence-corrected chi connectivity index (χ1v) is 7.21. The number of aliphatic carboxylic acids is 1. The van der Waals surface area contributed by atoms with Gasteiger partial charge in [0.25, 0.3) is 0 Å². The van der Waals surface area contributed by atoms with E-state index in [2.05, 4.69) is 4.42 Å². The van der Waals surface area contributed by atoms with Crippen molar-refractivity contribution in [2.75, 3.05) is 0 Å². The van der Waals surface area contributed by atoms with E-state index in [1.165, 1.54) is 0 Å². The molecule has 1 aliphatic rings. The van der Waals surface area contributed by atoms with Crippen molar-refractivity contribution in [1.29, 1.82) is 0 Å². The monoisotopic (exact) mass is 374 g/mol. The van der Waals surface area contributed by atoms with E-state index in [0.717, 1.165) is 18.2 Å². The van der Waals surface area contributed by atoms with Gasteiger partial charge in [0.1, 0.15) is 18.3 Å². The lowest BCUT2D eigenvalue weighted by Gasteiger charge is -2.38. The summed E-state index contributed by atoms with van der Waals surface area (Å²) in [6, 6.07) is 2.85. The molecule has 0 saturated carbocycles. The Morgan fingerprint density at radius 1 is 1.12 bits per heavy atom. The third-order valence-corrected chi connectivity index (χ3v) is 3.81. The zero-order valence-electron chi connectivity index (χ0n) is 12.7. The molecule has 4 N–H and O–H groups in total. The fraction of sp³-hybridized carbons (Fsp3) is 0.333. The van der Waals surface area contributed by atoms with Gasteiger partial charge in [-0.15, -0.1) is 0 Å². The van der Waals surface area contributed by atoms with Crippen LogP contribution in [0.3, 0.4) is 0 Å². The average Bonchev–Trinajstić information content (AvgIpc) is 2.58. The molecule has 140 valence electrons. The number of hydrogen-bond donors (Lipinski definition) is 4. The largest absolute Gasteiger partial charge is 0.479 e. The summed E-state index contributed by atoms with van der Waals surface area (Å²) >= 11 is 0. The van der Waals surface area contributed by atoms with Crippen LogP contribution in [0, 0.1) is 11.6 Å². The van der Waals surface area contributed by atoms with Gasteiger partial charge >= 0.3 is 11.6 Å². The fourth-order valence-corrected chi connectivity index (χ4v) is 2.50. The first-order valence-electron chi connectivity index (χ1n) is 7.21. The van der Waals surface area contributed by atoms with E-state index in [-0.39, 0.29) is 5.39 Å². The quantitative estimate of drug-likeness (QED) is 0.514. The summed E-state index contributed by atoms with van der Waals surface area (Å²) in [5.74, 6) is -5.50. The summed E-state index contributed by atoms with van der Waals surface area (Å²) in [6.45, 7) is 0. The Labute approximate surface area is 142 Å². The Morgan fingerprint density at radius 2 is 1.81 bits per heavy atom. The van der Waals surface area contributed by atoms with Gasteiger partial charge in [0.15, 0.2) is 23.3 Å². The SMILES string of the molecule is O=C(O)[C@H]1O[C@@H](Oc2c(F)cc3ccc(=O)oc3c2F)[C@H](O)[C@@H](O)[C@@H]1O. The van der Waals surface area contributed by atoms with Crippen LogP contribution in [0.2, 0.25) is 0 Å². The molecule has 2 heterocycles. The van der Waals surface area contributed by atoms with Crippen LogP contribution in [-0.2, 0) is 9.53 Å². The topological polar surface area (TPSA) is 147 Å². The van der Waals surface area contributed by atoms with Crippen LogP contribution in [0.25, 0.3) is 11.0 Å². The maximum absolute atomic E-state index is 14.5. The molecule has 0 radical (unpaired) electrons. The lowest BCUT2D eigenvalue weighted by atomic mass is 9.99. The number of benzene rings is 1. The molecule has 5 atom stereocenters. The number of carboxylic acids is 1. The van der Waals surface area contributed by atoms with Crippen molar-refractivity contribution in [3.8, 4) is 5.75 Å². The number of aliphatic hydroxyl groups excluding tert-OH is 3. The highest BCUT2D eigenvalue weighted by molar-refractivity contribution is 5.79. The molecule has 3 rings (SSSR count). The minimum atomic E-state index is -2.02. The summed E-state index contributed by atoms with van der Waals surface area (Å²) in [4.78, 5) is 22.2. The summed E-state index contributed by atoms with van der Waals surface area (Å²) in [5.41, 5.74) is -1.54. The van der Waals surface area contributed by atoms with Crippen molar-refractivity contribution in [3.63, 3.8) is 0 Å².